The minimum absolute atomic E-state index is 0.0156. The number of hydrazine groups is 4. The molecule has 0 aromatic carbocycles. The van der Waals surface area contributed by atoms with Crippen LogP contribution in [0.15, 0.2) is 46.9 Å². The van der Waals surface area contributed by atoms with Gasteiger partial charge in [-0.15, -0.1) is 20.4 Å². The minimum atomic E-state index is -0.913. The summed E-state index contributed by atoms with van der Waals surface area (Å²) in [6, 6.07) is 7.59. The number of rotatable bonds is 18. The maximum Gasteiger partial charge on any atom is 0.307 e. The van der Waals surface area contributed by atoms with E-state index >= 15 is 0 Å². The lowest BCUT2D eigenvalue weighted by molar-refractivity contribution is -0.145. The van der Waals surface area contributed by atoms with Crippen LogP contribution in [-0.4, -0.2) is 117 Å². The fraction of sp³-hybridized carbons (Fsp3) is 0.632. The van der Waals surface area contributed by atoms with E-state index in [9.17, 15) is 30.0 Å². The maximum absolute atomic E-state index is 13.2. The van der Waals surface area contributed by atoms with Gasteiger partial charge in [-0.1, -0.05) is 32.9 Å². The molecule has 306 valence electrons. The number of hydrogen-bond donors (Lipinski definition) is 8. The highest BCUT2D eigenvalue weighted by molar-refractivity contribution is 5.90. The summed E-state index contributed by atoms with van der Waals surface area (Å²) in [6.45, 7) is 7.23. The van der Waals surface area contributed by atoms with Crippen molar-refractivity contribution < 1.29 is 30.0 Å². The molecular formula is C38H58N12O6. The molecule has 8 N–H and O–H groups in total. The Hall–Kier alpha value is -4.78. The van der Waals surface area contributed by atoms with E-state index in [-0.39, 0.29) is 43.1 Å². The number of carbonyl (C=O) groups is 2. The Bertz CT molecular complexity index is 1710. The first-order chi connectivity index (χ1) is 26.9. The highest BCUT2D eigenvalue weighted by atomic mass is 16.4. The number of amidine groups is 2. The van der Waals surface area contributed by atoms with Gasteiger partial charge < -0.3 is 30.2 Å². The smallest absolute Gasteiger partial charge is 0.307 e. The molecule has 0 radical (unpaired) electrons. The van der Waals surface area contributed by atoms with Crippen molar-refractivity contribution in [2.75, 3.05) is 50.2 Å². The van der Waals surface area contributed by atoms with Gasteiger partial charge in [-0.25, -0.2) is 21.0 Å². The van der Waals surface area contributed by atoms with Crippen molar-refractivity contribution in [2.45, 2.75) is 71.4 Å². The number of pyridine rings is 2. The molecule has 4 aliphatic rings. The van der Waals surface area contributed by atoms with Crippen LogP contribution in [0.1, 0.15) is 57.6 Å². The second kappa shape index (κ2) is 18.0. The van der Waals surface area contributed by atoms with Crippen molar-refractivity contribution >= 4 is 35.2 Å². The van der Waals surface area contributed by atoms with Gasteiger partial charge in [0.15, 0.2) is 0 Å². The highest BCUT2D eigenvalue weighted by Crippen LogP contribution is 2.38. The lowest BCUT2D eigenvalue weighted by Gasteiger charge is -2.33. The fourth-order valence-electron chi connectivity index (χ4n) is 9.15. The van der Waals surface area contributed by atoms with Crippen molar-refractivity contribution in [1.29, 1.82) is 0 Å². The average molecular weight is 779 g/mol. The predicted molar refractivity (Wildman–Crippen MR) is 210 cm³/mol. The van der Waals surface area contributed by atoms with Gasteiger partial charge in [-0.05, 0) is 79.5 Å². The largest absolute Gasteiger partial charge is 0.481 e. The monoisotopic (exact) mass is 778 g/mol. The molecule has 2 fully saturated rings. The molecule has 0 amide bonds. The number of aliphatic hydroxyl groups is 2. The molecule has 0 aliphatic carbocycles. The Morgan fingerprint density at radius 3 is 1.77 bits per heavy atom. The first kappa shape index (κ1) is 40.9. The lowest BCUT2D eigenvalue weighted by Crippen LogP contribution is -2.45. The summed E-state index contributed by atoms with van der Waals surface area (Å²) in [5.74, 6) is -1.96. The summed E-state index contributed by atoms with van der Waals surface area (Å²) in [6.07, 6.45) is 7.64. The Morgan fingerprint density at radius 2 is 1.32 bits per heavy atom. The Morgan fingerprint density at radius 1 is 0.768 bits per heavy atom. The second-order valence-electron chi connectivity index (χ2n) is 16.1. The first-order valence-corrected chi connectivity index (χ1v) is 19.7. The summed E-state index contributed by atoms with van der Waals surface area (Å²) >= 11 is 0. The van der Waals surface area contributed by atoms with Crippen molar-refractivity contribution in [2.24, 2.45) is 51.6 Å². The molecule has 4 aliphatic heterocycles. The van der Waals surface area contributed by atoms with E-state index < -0.39 is 35.6 Å². The quantitative estimate of drug-likeness (QED) is 0.107. The number of anilines is 2. The second-order valence-corrected chi connectivity index (χ2v) is 16.1. The Balaban J connectivity index is 1.15. The van der Waals surface area contributed by atoms with E-state index in [2.05, 4.69) is 41.9 Å². The van der Waals surface area contributed by atoms with Crippen LogP contribution in [0.3, 0.4) is 0 Å². The topological polar surface area (TPSA) is 227 Å². The number of aliphatic carboxylic acids is 2. The number of nitrogens with zero attached hydrogens (tertiary/aromatic N) is 8. The van der Waals surface area contributed by atoms with Gasteiger partial charge in [0, 0.05) is 51.4 Å². The molecule has 8 atom stereocenters. The normalized spacial score (nSPS) is 24.1. The Kier molecular flexibility index (Phi) is 13.1. The third-order valence-corrected chi connectivity index (χ3v) is 11.9. The number of aromatic nitrogens is 2. The zero-order valence-electron chi connectivity index (χ0n) is 32.9. The molecule has 0 bridgehead atoms. The zero-order valence-corrected chi connectivity index (χ0v) is 32.9. The number of carboxylic acid groups (broad SMARTS) is 2. The van der Waals surface area contributed by atoms with Crippen molar-refractivity contribution in [3.63, 3.8) is 0 Å². The van der Waals surface area contributed by atoms with Gasteiger partial charge in [-0.3, -0.25) is 20.4 Å². The van der Waals surface area contributed by atoms with Crippen LogP contribution >= 0.6 is 0 Å². The average Bonchev–Trinajstić information content (AvgIpc) is 3.99. The van der Waals surface area contributed by atoms with E-state index in [1.54, 1.807) is 36.7 Å². The number of hydrogen-bond acceptors (Lipinski definition) is 16. The lowest BCUT2D eigenvalue weighted by atomic mass is 9.74. The van der Waals surface area contributed by atoms with E-state index in [1.807, 2.05) is 45.0 Å². The highest BCUT2D eigenvalue weighted by Gasteiger charge is 2.43. The first-order valence-electron chi connectivity index (χ1n) is 19.7. The summed E-state index contributed by atoms with van der Waals surface area (Å²) in [5.41, 5.74) is 13.7. The minimum Gasteiger partial charge on any atom is -0.481 e. The van der Waals surface area contributed by atoms with E-state index in [1.165, 1.54) is 0 Å². The van der Waals surface area contributed by atoms with E-state index in [0.29, 0.717) is 43.3 Å². The molecule has 56 heavy (non-hydrogen) atoms. The molecule has 6 rings (SSSR count). The fourth-order valence-corrected chi connectivity index (χ4v) is 9.15. The van der Waals surface area contributed by atoms with E-state index in [4.69, 9.17) is 9.97 Å². The summed E-state index contributed by atoms with van der Waals surface area (Å²) in [5, 5.41) is 53.4. The molecule has 2 aromatic rings. The van der Waals surface area contributed by atoms with Gasteiger partial charge in [0.1, 0.15) is 23.3 Å². The van der Waals surface area contributed by atoms with Crippen LogP contribution in [0.5, 0.6) is 0 Å². The van der Waals surface area contributed by atoms with Crippen molar-refractivity contribution in [3.8, 4) is 0 Å². The number of nitrogens with one attached hydrogen (secondary N) is 4. The van der Waals surface area contributed by atoms with Gasteiger partial charge in [0.2, 0.25) is 0 Å². The third-order valence-electron chi connectivity index (χ3n) is 11.9. The van der Waals surface area contributed by atoms with Crippen molar-refractivity contribution in [1.82, 2.24) is 42.1 Å². The molecule has 2 saturated heterocycles. The SMILES string of the molecule is CC(C)[C@H](C(=O)O)[C@H](Cc1ccc(N2CCC(CC(C)[C@H](C(=O)O)[C@H](Cc3ccc(N4CCC[C@H]4CO)nc3)C3=NNN(C)N3)C2CO)nc1)C1=NNN(C)N1. The summed E-state index contributed by atoms with van der Waals surface area (Å²) < 4.78 is 0. The van der Waals surface area contributed by atoms with Crippen LogP contribution in [0.2, 0.25) is 0 Å². The van der Waals surface area contributed by atoms with Gasteiger partial charge in [0.25, 0.3) is 0 Å². The van der Waals surface area contributed by atoms with Crippen LogP contribution in [-0.2, 0) is 22.4 Å². The number of aliphatic hydroxyl groups excluding tert-OH is 2. The zero-order chi connectivity index (χ0) is 40.1. The Labute approximate surface area is 327 Å². The van der Waals surface area contributed by atoms with Gasteiger partial charge >= 0.3 is 11.9 Å². The number of carboxylic acids is 2. The summed E-state index contributed by atoms with van der Waals surface area (Å²) in [4.78, 5) is 39.2. The van der Waals surface area contributed by atoms with Crippen LogP contribution < -0.4 is 31.7 Å². The molecule has 6 heterocycles. The predicted octanol–water partition coefficient (Wildman–Crippen LogP) is 1.26. The van der Waals surface area contributed by atoms with Gasteiger partial charge in [-0.2, -0.15) is 0 Å². The molecule has 0 saturated carbocycles. The molecule has 0 spiro atoms. The van der Waals surface area contributed by atoms with E-state index in [0.717, 1.165) is 42.8 Å². The van der Waals surface area contributed by atoms with Crippen LogP contribution in [0, 0.1) is 41.4 Å². The van der Waals surface area contributed by atoms with Crippen LogP contribution in [0.4, 0.5) is 11.6 Å². The van der Waals surface area contributed by atoms with Crippen LogP contribution in [0.25, 0.3) is 0 Å². The maximum atomic E-state index is 13.2. The molecule has 18 heteroatoms. The number of hydrazone groups is 2. The molecule has 18 nitrogen and oxygen atoms in total. The molecular weight excluding hydrogens is 720 g/mol. The molecule has 3 unspecified atom stereocenters. The van der Waals surface area contributed by atoms with Gasteiger partial charge in [0.05, 0.1) is 37.1 Å². The third kappa shape index (κ3) is 9.09. The van der Waals surface area contributed by atoms with Crippen molar-refractivity contribution in [3.05, 3.63) is 47.8 Å². The summed E-state index contributed by atoms with van der Waals surface area (Å²) in [7, 11) is 3.53. The molecule has 2 aromatic heterocycles. The standard InChI is InChI=1S/C38H58N12O6/c1-22(2)33(37(53)54)28(35-41-45-47(4)43-35)16-24-9-11-32(40-19-24)50-14-12-26(30(50)21-52)15-23(3)34(38(55)56)29(36-42-46-48(5)44-36)17-25-8-10-31(39-18-25)49-13-6-7-27(49)20-51/h8-11,18-19,22-23,26-30,33-34,45-46,51-52H,6-7,12-17,20-21H2,1-5H3,(H,41,43)(H,42,44)(H,53,54)(H,55,56)/t23?,26?,27-,28-,29-,30?,33-,34-/m0/s1.